The molecule has 1 heterocycles. The van der Waals surface area contributed by atoms with Gasteiger partial charge in [0.25, 0.3) is 0 Å². The van der Waals surface area contributed by atoms with Crippen LogP contribution in [0.15, 0.2) is 24.3 Å². The highest BCUT2D eigenvalue weighted by molar-refractivity contribution is 7.86. The smallest absolute Gasteiger partial charge is 0.237 e. The minimum Gasteiger partial charge on any atom is -0.497 e. The summed E-state index contributed by atoms with van der Waals surface area (Å²) in [6, 6.07) is 6.86. The summed E-state index contributed by atoms with van der Waals surface area (Å²) >= 11 is 0. The lowest BCUT2D eigenvalue weighted by atomic mass is 10.2. The maximum atomic E-state index is 12.0. The SMILES string of the molecule is COc1ccc(NC(=O)CS(=O)CC(=O)NCCN2CCCCCC2)cc1. The van der Waals surface area contributed by atoms with Gasteiger partial charge in [0.05, 0.1) is 7.11 Å². The number of likely N-dealkylation sites (tertiary alicyclic amines) is 1. The summed E-state index contributed by atoms with van der Waals surface area (Å²) in [4.78, 5) is 26.2. The first-order valence-electron chi connectivity index (χ1n) is 9.35. The number of methoxy groups -OCH3 is 1. The molecule has 0 bridgehead atoms. The van der Waals surface area contributed by atoms with E-state index in [9.17, 15) is 13.8 Å². The van der Waals surface area contributed by atoms with Crippen LogP contribution in [0.5, 0.6) is 5.75 Å². The van der Waals surface area contributed by atoms with E-state index in [2.05, 4.69) is 15.5 Å². The van der Waals surface area contributed by atoms with Crippen molar-refractivity contribution in [3.8, 4) is 5.75 Å². The van der Waals surface area contributed by atoms with Crippen LogP contribution in [0, 0.1) is 0 Å². The molecule has 0 aromatic heterocycles. The van der Waals surface area contributed by atoms with E-state index < -0.39 is 10.8 Å². The number of ether oxygens (including phenoxy) is 1. The van der Waals surface area contributed by atoms with E-state index in [1.807, 2.05) is 0 Å². The van der Waals surface area contributed by atoms with Crippen molar-refractivity contribution in [2.24, 2.45) is 0 Å². The van der Waals surface area contributed by atoms with Crippen molar-refractivity contribution in [1.29, 1.82) is 0 Å². The number of carbonyl (C=O) groups is 2. The molecule has 1 saturated heterocycles. The number of nitrogens with zero attached hydrogens (tertiary/aromatic N) is 1. The van der Waals surface area contributed by atoms with Gasteiger partial charge in [0.15, 0.2) is 0 Å². The highest BCUT2D eigenvalue weighted by Gasteiger charge is 2.13. The van der Waals surface area contributed by atoms with Crippen LogP contribution in [0.2, 0.25) is 0 Å². The summed E-state index contributed by atoms with van der Waals surface area (Å²) in [5.74, 6) is -0.327. The highest BCUT2D eigenvalue weighted by Crippen LogP contribution is 2.14. The fraction of sp³-hybridized carbons (Fsp3) is 0.579. The average Bonchev–Trinajstić information content (AvgIpc) is 2.91. The third kappa shape index (κ3) is 8.53. The molecule has 7 nitrogen and oxygen atoms in total. The van der Waals surface area contributed by atoms with Gasteiger partial charge in [-0.05, 0) is 50.2 Å². The minimum absolute atomic E-state index is 0.157. The molecule has 27 heavy (non-hydrogen) atoms. The molecule has 1 unspecified atom stereocenters. The van der Waals surface area contributed by atoms with E-state index in [0.29, 0.717) is 18.0 Å². The molecule has 0 spiro atoms. The molecule has 1 aliphatic heterocycles. The number of amides is 2. The van der Waals surface area contributed by atoms with Crippen molar-refractivity contribution < 1.29 is 18.5 Å². The van der Waals surface area contributed by atoms with Gasteiger partial charge in [-0.1, -0.05) is 12.8 Å². The van der Waals surface area contributed by atoms with E-state index >= 15 is 0 Å². The van der Waals surface area contributed by atoms with Crippen molar-refractivity contribution in [2.45, 2.75) is 25.7 Å². The van der Waals surface area contributed by atoms with Gasteiger partial charge >= 0.3 is 0 Å². The van der Waals surface area contributed by atoms with Gasteiger partial charge in [-0.15, -0.1) is 0 Å². The Balaban J connectivity index is 1.63. The molecule has 1 aromatic carbocycles. The lowest BCUT2D eigenvalue weighted by molar-refractivity contribution is -0.118. The lowest BCUT2D eigenvalue weighted by Gasteiger charge is -2.19. The van der Waals surface area contributed by atoms with Crippen LogP contribution < -0.4 is 15.4 Å². The molecular formula is C19H29N3O4S. The monoisotopic (exact) mass is 395 g/mol. The van der Waals surface area contributed by atoms with Gasteiger partial charge in [-0.2, -0.15) is 0 Å². The first kappa shape index (κ1) is 21.4. The van der Waals surface area contributed by atoms with Crippen LogP contribution >= 0.6 is 0 Å². The molecule has 1 aliphatic rings. The van der Waals surface area contributed by atoms with Crippen molar-refractivity contribution >= 4 is 28.3 Å². The third-order valence-electron chi connectivity index (χ3n) is 4.41. The normalized spacial score (nSPS) is 16.2. The van der Waals surface area contributed by atoms with E-state index in [1.54, 1.807) is 31.4 Å². The number of hydrogen-bond donors (Lipinski definition) is 2. The van der Waals surface area contributed by atoms with Crippen LogP contribution in [0.25, 0.3) is 0 Å². The largest absolute Gasteiger partial charge is 0.497 e. The van der Waals surface area contributed by atoms with Crippen LogP contribution in [-0.4, -0.2) is 65.7 Å². The Hall–Kier alpha value is -1.93. The van der Waals surface area contributed by atoms with Crippen LogP contribution in [0.3, 0.4) is 0 Å². The number of benzene rings is 1. The molecular weight excluding hydrogens is 366 g/mol. The topological polar surface area (TPSA) is 87.7 Å². The van der Waals surface area contributed by atoms with Crippen LogP contribution in [-0.2, 0) is 20.4 Å². The first-order valence-corrected chi connectivity index (χ1v) is 10.8. The number of anilines is 1. The summed E-state index contributed by atoms with van der Waals surface area (Å²) in [6.45, 7) is 3.52. The van der Waals surface area contributed by atoms with E-state index in [0.717, 1.165) is 19.6 Å². The van der Waals surface area contributed by atoms with Gasteiger partial charge in [0.2, 0.25) is 11.8 Å². The molecule has 2 N–H and O–H groups in total. The molecule has 0 radical (unpaired) electrons. The van der Waals surface area contributed by atoms with Gasteiger partial charge < -0.3 is 20.3 Å². The van der Waals surface area contributed by atoms with Crippen molar-refractivity contribution in [3.05, 3.63) is 24.3 Å². The fourth-order valence-electron chi connectivity index (χ4n) is 2.98. The zero-order valence-corrected chi connectivity index (χ0v) is 16.7. The van der Waals surface area contributed by atoms with Crippen molar-refractivity contribution in [2.75, 3.05) is 50.1 Å². The Bertz CT molecular complexity index is 628. The summed E-state index contributed by atoms with van der Waals surface area (Å²) < 4.78 is 17.1. The number of carbonyl (C=O) groups excluding carboxylic acids is 2. The molecule has 8 heteroatoms. The Kier molecular flexibility index (Phi) is 9.27. The average molecular weight is 396 g/mol. The number of nitrogens with one attached hydrogen (secondary N) is 2. The molecule has 150 valence electrons. The maximum absolute atomic E-state index is 12.0. The van der Waals surface area contributed by atoms with Crippen LogP contribution in [0.1, 0.15) is 25.7 Å². The second-order valence-corrected chi connectivity index (χ2v) is 8.07. The fourth-order valence-corrected chi connectivity index (χ4v) is 3.84. The zero-order valence-electron chi connectivity index (χ0n) is 15.9. The summed E-state index contributed by atoms with van der Waals surface area (Å²) in [5, 5.41) is 5.46. The zero-order chi connectivity index (χ0) is 19.5. The van der Waals surface area contributed by atoms with Gasteiger partial charge in [-0.3, -0.25) is 13.8 Å². The number of hydrogen-bond acceptors (Lipinski definition) is 5. The molecule has 2 rings (SSSR count). The second kappa shape index (κ2) is 11.7. The Morgan fingerprint density at radius 2 is 1.67 bits per heavy atom. The highest BCUT2D eigenvalue weighted by atomic mass is 32.2. The third-order valence-corrected chi connectivity index (χ3v) is 5.58. The Morgan fingerprint density at radius 3 is 2.30 bits per heavy atom. The predicted molar refractivity (Wildman–Crippen MR) is 107 cm³/mol. The lowest BCUT2D eigenvalue weighted by Crippen LogP contribution is -2.37. The standard InChI is InChI=1S/C19H29N3O4S/c1-26-17-8-6-16(7-9-17)21-19(24)15-27(25)14-18(23)20-10-13-22-11-4-2-3-5-12-22/h6-9H,2-5,10-15H2,1H3,(H,20,23)(H,21,24). The van der Waals surface area contributed by atoms with Crippen LogP contribution in [0.4, 0.5) is 5.69 Å². The minimum atomic E-state index is -1.53. The van der Waals surface area contributed by atoms with Crippen molar-refractivity contribution in [1.82, 2.24) is 10.2 Å². The maximum Gasteiger partial charge on any atom is 0.237 e. The molecule has 1 fully saturated rings. The van der Waals surface area contributed by atoms with Crippen molar-refractivity contribution in [3.63, 3.8) is 0 Å². The Labute approximate surface area is 163 Å². The summed E-state index contributed by atoms with van der Waals surface area (Å²) in [6.07, 6.45) is 4.98. The molecule has 0 saturated carbocycles. The van der Waals surface area contributed by atoms with Gasteiger partial charge in [0, 0.05) is 29.6 Å². The van der Waals surface area contributed by atoms with E-state index in [-0.39, 0.29) is 23.3 Å². The predicted octanol–water partition coefficient (Wildman–Crippen LogP) is 1.37. The van der Waals surface area contributed by atoms with E-state index in [4.69, 9.17) is 4.74 Å². The molecule has 1 atom stereocenters. The van der Waals surface area contributed by atoms with Gasteiger partial charge in [0.1, 0.15) is 17.3 Å². The molecule has 1 aromatic rings. The van der Waals surface area contributed by atoms with E-state index in [1.165, 1.54) is 25.7 Å². The summed E-state index contributed by atoms with van der Waals surface area (Å²) in [5.41, 5.74) is 0.597. The Morgan fingerprint density at radius 1 is 1.04 bits per heavy atom. The summed E-state index contributed by atoms with van der Waals surface area (Å²) in [7, 11) is 0.0320. The quantitative estimate of drug-likeness (QED) is 0.659. The molecule has 2 amide bonds. The first-order chi connectivity index (χ1) is 13.1. The van der Waals surface area contributed by atoms with Gasteiger partial charge in [-0.25, -0.2) is 0 Å². The molecule has 0 aliphatic carbocycles. The second-order valence-electron chi connectivity index (χ2n) is 6.61. The number of rotatable bonds is 9.